The molecule has 0 bridgehead atoms. The highest BCUT2D eigenvalue weighted by atomic mass is 32.1. The molecule has 0 fully saturated rings. The lowest BCUT2D eigenvalue weighted by Crippen LogP contribution is -1.92. The van der Waals surface area contributed by atoms with Crippen LogP contribution < -0.4 is 0 Å². The number of hydrogen-bond donors (Lipinski definition) is 0. The van der Waals surface area contributed by atoms with Crippen molar-refractivity contribution in [2.45, 2.75) is 20.8 Å². The van der Waals surface area contributed by atoms with Crippen LogP contribution in [0.2, 0.25) is 0 Å². The first-order valence-corrected chi connectivity index (χ1v) is 5.05. The second-order valence-electron chi connectivity index (χ2n) is 2.86. The number of tetrazole rings is 1. The predicted octanol–water partition coefficient (Wildman–Crippen LogP) is 1.28. The standard InChI is InChI=1S/C5H7NS.C3H6N4/c1-4-3-7-5(2)6-4;1-3-4-5-6-7(3)2/h3H,1-2H3;1-2H3. The molecule has 0 radical (unpaired) electrons. The molecule has 2 aromatic rings. The lowest BCUT2D eigenvalue weighted by Gasteiger charge is -1.81. The zero-order valence-corrected chi connectivity index (χ0v) is 9.54. The van der Waals surface area contributed by atoms with Gasteiger partial charge in [-0.3, -0.25) is 0 Å². The van der Waals surface area contributed by atoms with Crippen molar-refractivity contribution in [2.24, 2.45) is 7.05 Å². The van der Waals surface area contributed by atoms with E-state index in [1.54, 1.807) is 23.1 Å². The number of nitrogens with zero attached hydrogens (tertiary/aromatic N) is 5. The summed E-state index contributed by atoms with van der Waals surface area (Å²) in [5.41, 5.74) is 1.13. The van der Waals surface area contributed by atoms with Crippen molar-refractivity contribution in [3.8, 4) is 0 Å². The lowest BCUT2D eigenvalue weighted by atomic mass is 10.6. The second-order valence-corrected chi connectivity index (χ2v) is 3.92. The predicted molar refractivity (Wildman–Crippen MR) is 55.1 cm³/mol. The maximum Gasteiger partial charge on any atom is 0.147 e. The first kappa shape index (κ1) is 10.8. The van der Waals surface area contributed by atoms with Crippen molar-refractivity contribution >= 4 is 11.3 Å². The van der Waals surface area contributed by atoms with Gasteiger partial charge in [-0.1, -0.05) is 0 Å². The summed E-state index contributed by atoms with van der Waals surface area (Å²) < 4.78 is 1.61. The zero-order valence-electron chi connectivity index (χ0n) is 8.72. The Morgan fingerprint density at radius 2 is 2.00 bits per heavy atom. The number of thiazole rings is 1. The molecule has 0 aliphatic carbocycles. The molecular weight excluding hydrogens is 198 g/mol. The van der Waals surface area contributed by atoms with Crippen molar-refractivity contribution in [1.82, 2.24) is 25.2 Å². The summed E-state index contributed by atoms with van der Waals surface area (Å²) in [4.78, 5) is 4.13. The maximum absolute atomic E-state index is 4.13. The van der Waals surface area contributed by atoms with Gasteiger partial charge in [0, 0.05) is 18.1 Å². The molecule has 14 heavy (non-hydrogen) atoms. The van der Waals surface area contributed by atoms with Crippen molar-refractivity contribution in [2.75, 3.05) is 0 Å². The fourth-order valence-corrected chi connectivity index (χ4v) is 1.34. The van der Waals surface area contributed by atoms with Gasteiger partial charge in [0.05, 0.1) is 5.01 Å². The second kappa shape index (κ2) is 4.80. The van der Waals surface area contributed by atoms with Gasteiger partial charge in [-0.25, -0.2) is 9.67 Å². The molecule has 2 rings (SSSR count). The van der Waals surface area contributed by atoms with Crippen LogP contribution in [0.5, 0.6) is 0 Å². The van der Waals surface area contributed by atoms with Crippen molar-refractivity contribution in [3.05, 3.63) is 21.9 Å². The third kappa shape index (κ3) is 3.21. The van der Waals surface area contributed by atoms with E-state index in [4.69, 9.17) is 0 Å². The lowest BCUT2D eigenvalue weighted by molar-refractivity contribution is 0.695. The first-order valence-electron chi connectivity index (χ1n) is 4.17. The van der Waals surface area contributed by atoms with Gasteiger partial charge < -0.3 is 0 Å². The summed E-state index contributed by atoms with van der Waals surface area (Å²) in [7, 11) is 1.80. The van der Waals surface area contributed by atoms with Gasteiger partial charge >= 0.3 is 0 Å². The van der Waals surface area contributed by atoms with Gasteiger partial charge in [-0.2, -0.15) is 0 Å². The van der Waals surface area contributed by atoms with E-state index in [0.29, 0.717) is 0 Å². The summed E-state index contributed by atoms with van der Waals surface area (Å²) in [6, 6.07) is 0. The van der Waals surface area contributed by atoms with Crippen LogP contribution in [-0.4, -0.2) is 25.2 Å². The smallest absolute Gasteiger partial charge is 0.147 e. The Hall–Kier alpha value is -1.30. The minimum Gasteiger partial charge on any atom is -0.247 e. The molecule has 0 spiro atoms. The minimum absolute atomic E-state index is 0.833. The molecule has 0 aromatic carbocycles. The third-order valence-corrected chi connectivity index (χ3v) is 2.46. The largest absolute Gasteiger partial charge is 0.247 e. The molecule has 2 heterocycles. The highest BCUT2D eigenvalue weighted by molar-refractivity contribution is 7.09. The summed E-state index contributed by atoms with van der Waals surface area (Å²) >= 11 is 1.69. The molecule has 0 aliphatic heterocycles. The van der Waals surface area contributed by atoms with Crippen LogP contribution in [0.25, 0.3) is 0 Å². The number of aromatic nitrogens is 5. The van der Waals surface area contributed by atoms with Crippen LogP contribution in [0.1, 0.15) is 16.5 Å². The van der Waals surface area contributed by atoms with E-state index >= 15 is 0 Å². The van der Waals surface area contributed by atoms with E-state index in [1.165, 1.54) is 0 Å². The molecule has 0 unspecified atom stereocenters. The van der Waals surface area contributed by atoms with Gasteiger partial charge in [0.15, 0.2) is 0 Å². The van der Waals surface area contributed by atoms with E-state index in [-0.39, 0.29) is 0 Å². The molecule has 0 aliphatic rings. The Balaban J connectivity index is 0.000000140. The Bertz CT molecular complexity index is 359. The van der Waals surface area contributed by atoms with Gasteiger partial charge in [-0.15, -0.1) is 16.4 Å². The number of hydrogen-bond acceptors (Lipinski definition) is 5. The van der Waals surface area contributed by atoms with Gasteiger partial charge in [-0.05, 0) is 31.2 Å². The summed E-state index contributed by atoms with van der Waals surface area (Å²) in [6.07, 6.45) is 0. The van der Waals surface area contributed by atoms with Crippen molar-refractivity contribution < 1.29 is 0 Å². The fraction of sp³-hybridized carbons (Fsp3) is 0.500. The average molecular weight is 211 g/mol. The Labute approximate surface area is 86.8 Å². The number of rotatable bonds is 0. The highest BCUT2D eigenvalue weighted by Gasteiger charge is 1.87. The molecule has 5 nitrogen and oxygen atoms in total. The van der Waals surface area contributed by atoms with Crippen LogP contribution in [0, 0.1) is 20.8 Å². The van der Waals surface area contributed by atoms with E-state index < -0.39 is 0 Å². The topological polar surface area (TPSA) is 56.5 Å². The fourth-order valence-electron chi connectivity index (χ4n) is 0.746. The van der Waals surface area contributed by atoms with Crippen LogP contribution >= 0.6 is 11.3 Å². The van der Waals surface area contributed by atoms with Crippen LogP contribution in [0.4, 0.5) is 0 Å². The third-order valence-electron chi connectivity index (χ3n) is 1.57. The quantitative estimate of drug-likeness (QED) is 0.658. The van der Waals surface area contributed by atoms with Crippen molar-refractivity contribution in [3.63, 3.8) is 0 Å². The van der Waals surface area contributed by atoms with E-state index in [9.17, 15) is 0 Å². The molecule has 2 aromatic heterocycles. The van der Waals surface area contributed by atoms with Crippen LogP contribution in [0.3, 0.4) is 0 Å². The molecule has 0 amide bonds. The van der Waals surface area contributed by atoms with E-state index in [2.05, 4.69) is 25.9 Å². The van der Waals surface area contributed by atoms with Crippen LogP contribution in [-0.2, 0) is 7.05 Å². The monoisotopic (exact) mass is 211 g/mol. The first-order chi connectivity index (χ1) is 6.59. The van der Waals surface area contributed by atoms with E-state index in [1.807, 2.05) is 20.8 Å². The van der Waals surface area contributed by atoms with Crippen molar-refractivity contribution in [1.29, 1.82) is 0 Å². The Morgan fingerprint density at radius 1 is 1.29 bits per heavy atom. The molecular formula is C8H13N5S. The maximum atomic E-state index is 4.13. The van der Waals surface area contributed by atoms with Gasteiger partial charge in [0.2, 0.25) is 0 Å². The Morgan fingerprint density at radius 3 is 2.14 bits per heavy atom. The molecule has 0 saturated heterocycles. The van der Waals surface area contributed by atoms with E-state index in [0.717, 1.165) is 16.5 Å². The zero-order chi connectivity index (χ0) is 10.6. The minimum atomic E-state index is 0.833. The van der Waals surface area contributed by atoms with Crippen LogP contribution in [0.15, 0.2) is 5.38 Å². The van der Waals surface area contributed by atoms with Gasteiger partial charge in [0.25, 0.3) is 0 Å². The summed E-state index contributed by atoms with van der Waals surface area (Å²) in [5, 5.41) is 13.8. The number of aryl methyl sites for hydroxylation is 4. The normalized spacial score (nSPS) is 9.43. The molecule has 0 saturated carbocycles. The summed E-state index contributed by atoms with van der Waals surface area (Å²) in [6.45, 7) is 5.86. The molecule has 6 heteroatoms. The molecule has 76 valence electrons. The molecule has 0 N–H and O–H groups in total. The molecule has 0 atom stereocenters. The Kier molecular flexibility index (Phi) is 3.70. The average Bonchev–Trinajstić information content (AvgIpc) is 2.65. The highest BCUT2D eigenvalue weighted by Crippen LogP contribution is 2.04. The SMILES string of the molecule is Cc1csc(C)n1.Cc1nnnn1C. The van der Waals surface area contributed by atoms with Gasteiger partial charge in [0.1, 0.15) is 5.82 Å². The summed E-state index contributed by atoms with van der Waals surface area (Å²) in [5.74, 6) is 0.833.